The van der Waals surface area contributed by atoms with Crippen molar-refractivity contribution in [1.29, 1.82) is 0 Å². The Hall–Kier alpha value is -1.06. The lowest BCUT2D eigenvalue weighted by atomic mass is 9.78. The summed E-state index contributed by atoms with van der Waals surface area (Å²) in [6, 6.07) is 4.52. The third kappa shape index (κ3) is 2.76. The van der Waals surface area contributed by atoms with E-state index in [1.54, 1.807) is 0 Å². The third-order valence-corrected chi connectivity index (χ3v) is 6.51. The SMILES string of the molecule is CC1CCCC(Cc2cc3oc2cc3CC2OC3CCC2CC3)O1. The molecule has 130 valence electrons. The molecule has 3 aliphatic heterocycles. The molecule has 2 aromatic heterocycles. The first-order chi connectivity index (χ1) is 11.7. The third-order valence-electron chi connectivity index (χ3n) is 6.51. The number of hydrogen-bond acceptors (Lipinski definition) is 3. The van der Waals surface area contributed by atoms with Crippen molar-refractivity contribution in [2.45, 2.75) is 89.1 Å². The summed E-state index contributed by atoms with van der Waals surface area (Å²) in [6.07, 6.45) is 12.7. The van der Waals surface area contributed by atoms with Crippen LogP contribution in [0.1, 0.15) is 63.0 Å². The van der Waals surface area contributed by atoms with Crippen molar-refractivity contribution >= 4 is 11.2 Å². The topological polar surface area (TPSA) is 31.6 Å². The Labute approximate surface area is 144 Å². The van der Waals surface area contributed by atoms with Gasteiger partial charge in [-0.2, -0.15) is 0 Å². The summed E-state index contributed by atoms with van der Waals surface area (Å²) in [4.78, 5) is 0. The van der Waals surface area contributed by atoms with Gasteiger partial charge in [-0.15, -0.1) is 0 Å². The van der Waals surface area contributed by atoms with Crippen LogP contribution in [-0.2, 0) is 22.3 Å². The largest absolute Gasteiger partial charge is 0.457 e. The molecule has 3 saturated heterocycles. The molecule has 24 heavy (non-hydrogen) atoms. The highest BCUT2D eigenvalue weighted by Crippen LogP contribution is 2.40. The lowest BCUT2D eigenvalue weighted by molar-refractivity contribution is -0.123. The summed E-state index contributed by atoms with van der Waals surface area (Å²) < 4.78 is 18.4. The van der Waals surface area contributed by atoms with Gasteiger partial charge in [-0.25, -0.2) is 0 Å². The number of rotatable bonds is 4. The molecule has 2 aromatic rings. The van der Waals surface area contributed by atoms with E-state index in [-0.39, 0.29) is 0 Å². The average molecular weight is 328 g/mol. The number of fused-ring (bicyclic) bond motifs is 5. The predicted molar refractivity (Wildman–Crippen MR) is 93.6 cm³/mol. The first-order valence-electron chi connectivity index (χ1n) is 9.89. The molecule has 0 N–H and O–H groups in total. The van der Waals surface area contributed by atoms with E-state index >= 15 is 0 Å². The molecule has 0 aromatic carbocycles. The minimum absolute atomic E-state index is 0.366. The summed E-state index contributed by atoms with van der Waals surface area (Å²) in [6.45, 7) is 2.19. The van der Waals surface area contributed by atoms with Gasteiger partial charge in [0.1, 0.15) is 11.2 Å². The predicted octanol–water partition coefficient (Wildman–Crippen LogP) is 4.87. The summed E-state index contributed by atoms with van der Waals surface area (Å²) in [5.74, 6) is 0.765. The molecular weight excluding hydrogens is 300 g/mol. The minimum Gasteiger partial charge on any atom is -0.457 e. The summed E-state index contributed by atoms with van der Waals surface area (Å²) in [7, 11) is 0. The van der Waals surface area contributed by atoms with Crippen LogP contribution in [-0.4, -0.2) is 24.4 Å². The van der Waals surface area contributed by atoms with Gasteiger partial charge in [0.15, 0.2) is 0 Å². The second-order valence-corrected chi connectivity index (χ2v) is 8.29. The fourth-order valence-corrected chi connectivity index (χ4v) is 5.15. The highest BCUT2D eigenvalue weighted by Gasteiger charge is 2.37. The van der Waals surface area contributed by atoms with E-state index < -0.39 is 0 Å². The van der Waals surface area contributed by atoms with Crippen molar-refractivity contribution in [2.24, 2.45) is 5.92 Å². The molecule has 0 spiro atoms. The molecule has 0 radical (unpaired) electrons. The van der Waals surface area contributed by atoms with Crippen molar-refractivity contribution in [2.75, 3.05) is 0 Å². The zero-order chi connectivity index (χ0) is 16.1. The Bertz CT molecular complexity index is 682. The molecule has 3 nitrogen and oxygen atoms in total. The standard InChI is InChI=1S/C21H28O3/c1-13-3-2-4-18(22-13)9-15-10-21-16(12-20(15)24-21)11-19-14-5-7-17(23-19)8-6-14/h10,12-14,17-19H,2-9,11H2,1H3. The summed E-state index contributed by atoms with van der Waals surface area (Å²) in [5, 5.41) is 0. The highest BCUT2D eigenvalue weighted by molar-refractivity contribution is 5.71. The van der Waals surface area contributed by atoms with Crippen LogP contribution in [0.5, 0.6) is 0 Å². The Morgan fingerprint density at radius 2 is 1.62 bits per heavy atom. The van der Waals surface area contributed by atoms with Crippen molar-refractivity contribution in [3.63, 3.8) is 0 Å². The number of benzene rings is 1. The van der Waals surface area contributed by atoms with Crippen LogP contribution in [0, 0.1) is 5.92 Å². The van der Waals surface area contributed by atoms with Crippen LogP contribution in [0.2, 0.25) is 0 Å². The fraction of sp³-hybridized carbons (Fsp3) is 0.714. The maximum Gasteiger partial charge on any atom is 0.131 e. The van der Waals surface area contributed by atoms with Gasteiger partial charge in [-0.05, 0) is 69.9 Å². The van der Waals surface area contributed by atoms with Crippen LogP contribution in [0.25, 0.3) is 11.2 Å². The van der Waals surface area contributed by atoms with Crippen molar-refractivity contribution in [3.05, 3.63) is 23.3 Å². The van der Waals surface area contributed by atoms with E-state index in [9.17, 15) is 0 Å². The van der Waals surface area contributed by atoms with Crippen LogP contribution in [0.15, 0.2) is 16.5 Å². The highest BCUT2D eigenvalue weighted by atomic mass is 16.5. The zero-order valence-corrected chi connectivity index (χ0v) is 14.6. The molecule has 3 heteroatoms. The molecule has 4 bridgehead atoms. The Morgan fingerprint density at radius 1 is 0.875 bits per heavy atom. The summed E-state index contributed by atoms with van der Waals surface area (Å²) in [5.41, 5.74) is 4.83. The van der Waals surface area contributed by atoms with Crippen molar-refractivity contribution in [3.8, 4) is 0 Å². The van der Waals surface area contributed by atoms with Gasteiger partial charge in [0, 0.05) is 24.0 Å². The smallest absolute Gasteiger partial charge is 0.131 e. The van der Waals surface area contributed by atoms with Gasteiger partial charge in [0.05, 0.1) is 24.4 Å². The van der Waals surface area contributed by atoms with E-state index in [0.29, 0.717) is 24.4 Å². The van der Waals surface area contributed by atoms with E-state index in [1.165, 1.54) is 56.1 Å². The Morgan fingerprint density at radius 3 is 2.25 bits per heavy atom. The molecule has 4 fully saturated rings. The summed E-state index contributed by atoms with van der Waals surface area (Å²) >= 11 is 0. The maximum atomic E-state index is 6.26. The molecule has 5 heterocycles. The molecule has 0 amide bonds. The molecule has 6 rings (SSSR count). The lowest BCUT2D eigenvalue weighted by Gasteiger charge is -2.42. The Kier molecular flexibility index (Phi) is 3.82. The fourth-order valence-electron chi connectivity index (χ4n) is 5.15. The quantitative estimate of drug-likeness (QED) is 0.802. The van der Waals surface area contributed by atoms with E-state index in [2.05, 4.69) is 19.1 Å². The monoisotopic (exact) mass is 328 g/mol. The lowest BCUT2D eigenvalue weighted by Crippen LogP contribution is -2.41. The van der Waals surface area contributed by atoms with Gasteiger partial charge in [0.25, 0.3) is 0 Å². The van der Waals surface area contributed by atoms with Gasteiger partial charge in [-0.3, -0.25) is 0 Å². The normalized spacial score (nSPS) is 36.6. The van der Waals surface area contributed by atoms with Gasteiger partial charge >= 0.3 is 0 Å². The van der Waals surface area contributed by atoms with Gasteiger partial charge < -0.3 is 13.9 Å². The molecule has 1 aliphatic carbocycles. The number of hydrogen-bond donors (Lipinski definition) is 0. The number of ether oxygens (including phenoxy) is 2. The molecule has 3 atom stereocenters. The molecule has 1 saturated carbocycles. The second-order valence-electron chi connectivity index (χ2n) is 8.29. The first kappa shape index (κ1) is 15.2. The molecular formula is C21H28O3. The zero-order valence-electron chi connectivity index (χ0n) is 14.6. The maximum absolute atomic E-state index is 6.26. The van der Waals surface area contributed by atoms with Crippen LogP contribution in [0.3, 0.4) is 0 Å². The Balaban J connectivity index is 1.27. The molecule has 4 aliphatic rings. The minimum atomic E-state index is 0.366. The van der Waals surface area contributed by atoms with E-state index in [1.807, 2.05) is 0 Å². The second kappa shape index (κ2) is 6.03. The van der Waals surface area contributed by atoms with Gasteiger partial charge in [-0.1, -0.05) is 0 Å². The van der Waals surface area contributed by atoms with E-state index in [4.69, 9.17) is 13.9 Å². The van der Waals surface area contributed by atoms with Gasteiger partial charge in [0.2, 0.25) is 0 Å². The average Bonchev–Trinajstić information content (AvgIpc) is 3.16. The van der Waals surface area contributed by atoms with E-state index in [0.717, 1.165) is 29.9 Å². The number of furan rings is 2. The first-order valence-corrected chi connectivity index (χ1v) is 9.89. The van der Waals surface area contributed by atoms with Crippen LogP contribution in [0.4, 0.5) is 0 Å². The molecule has 3 unspecified atom stereocenters. The van der Waals surface area contributed by atoms with Crippen LogP contribution >= 0.6 is 0 Å². The van der Waals surface area contributed by atoms with Crippen molar-refractivity contribution < 1.29 is 13.9 Å². The van der Waals surface area contributed by atoms with Crippen LogP contribution < -0.4 is 0 Å². The van der Waals surface area contributed by atoms with Crippen molar-refractivity contribution in [1.82, 2.24) is 0 Å².